The first-order valence-corrected chi connectivity index (χ1v) is 13.4. The largest absolute Gasteiger partial charge is 0.416 e. The molecule has 0 radical (unpaired) electrons. The lowest BCUT2D eigenvalue weighted by Crippen LogP contribution is -2.37. The molecule has 5 rings (SSSR count). The molecule has 1 fully saturated rings. The van der Waals surface area contributed by atoms with Crippen LogP contribution >= 0.6 is 0 Å². The number of rotatable bonds is 8. The summed E-state index contributed by atoms with van der Waals surface area (Å²) in [5.74, 6) is 1.88. The number of hydrogen-bond acceptors (Lipinski definition) is 2. The molecule has 0 saturated carbocycles. The SMILES string of the molecule is Cc1[nH]c(-c2ccc(C(F)(F)F)cc2)nc1CN1CCC(C(Cc2ccccc2)Cc2ccccc2)CC1. The Balaban J connectivity index is 1.22. The number of likely N-dealkylation sites (tertiary alicyclic amines) is 1. The molecule has 3 aromatic carbocycles. The van der Waals surface area contributed by atoms with Crippen LogP contribution in [0.3, 0.4) is 0 Å². The predicted molar refractivity (Wildman–Crippen MR) is 146 cm³/mol. The molecule has 1 saturated heterocycles. The fourth-order valence-corrected chi connectivity index (χ4v) is 5.64. The predicted octanol–water partition coefficient (Wildman–Crippen LogP) is 7.72. The second kappa shape index (κ2) is 11.6. The van der Waals surface area contributed by atoms with Gasteiger partial charge in [0, 0.05) is 17.8 Å². The average molecular weight is 518 g/mol. The number of benzene rings is 3. The maximum atomic E-state index is 12.9. The molecular weight excluding hydrogens is 483 g/mol. The smallest absolute Gasteiger partial charge is 0.342 e. The number of piperidine rings is 1. The molecule has 0 atom stereocenters. The number of nitrogens with zero attached hydrogens (tertiary/aromatic N) is 2. The van der Waals surface area contributed by atoms with Crippen LogP contribution in [0, 0.1) is 18.8 Å². The Bertz CT molecular complexity index is 1250. The summed E-state index contributed by atoms with van der Waals surface area (Å²) in [5, 5.41) is 0. The zero-order chi connectivity index (χ0) is 26.5. The molecule has 0 unspecified atom stereocenters. The van der Waals surface area contributed by atoms with Gasteiger partial charge in [-0.25, -0.2) is 4.98 Å². The van der Waals surface area contributed by atoms with Gasteiger partial charge in [0.15, 0.2) is 0 Å². The Hall–Kier alpha value is -3.38. The molecule has 0 spiro atoms. The highest BCUT2D eigenvalue weighted by Gasteiger charge is 2.30. The van der Waals surface area contributed by atoms with E-state index >= 15 is 0 Å². The van der Waals surface area contributed by atoms with E-state index < -0.39 is 11.7 Å². The maximum absolute atomic E-state index is 12.9. The van der Waals surface area contributed by atoms with Gasteiger partial charge in [0.1, 0.15) is 5.82 Å². The van der Waals surface area contributed by atoms with Crippen molar-refractivity contribution < 1.29 is 13.2 Å². The molecule has 1 aliphatic heterocycles. The Labute approximate surface area is 222 Å². The molecule has 0 amide bonds. The number of alkyl halides is 3. The van der Waals surface area contributed by atoms with Crippen LogP contribution in [0.1, 0.15) is 40.9 Å². The van der Waals surface area contributed by atoms with Crippen LogP contribution < -0.4 is 0 Å². The number of imidazole rings is 1. The summed E-state index contributed by atoms with van der Waals surface area (Å²) >= 11 is 0. The Kier molecular flexibility index (Phi) is 7.98. The van der Waals surface area contributed by atoms with Crippen molar-refractivity contribution in [2.45, 2.75) is 45.3 Å². The van der Waals surface area contributed by atoms with E-state index in [1.54, 1.807) is 0 Å². The summed E-state index contributed by atoms with van der Waals surface area (Å²) in [6.07, 6.45) is 0.153. The molecule has 0 aliphatic carbocycles. The molecule has 1 N–H and O–H groups in total. The van der Waals surface area contributed by atoms with Gasteiger partial charge >= 0.3 is 6.18 Å². The van der Waals surface area contributed by atoms with Crippen LogP contribution in [0.15, 0.2) is 84.9 Å². The second-order valence-corrected chi connectivity index (χ2v) is 10.5. The van der Waals surface area contributed by atoms with E-state index in [1.165, 1.54) is 23.3 Å². The maximum Gasteiger partial charge on any atom is 0.416 e. The molecule has 6 heteroatoms. The number of halogens is 3. The third kappa shape index (κ3) is 6.54. The van der Waals surface area contributed by atoms with Crippen LogP contribution in [-0.4, -0.2) is 28.0 Å². The highest BCUT2D eigenvalue weighted by atomic mass is 19.4. The van der Waals surface area contributed by atoms with E-state index in [1.807, 2.05) is 6.92 Å². The summed E-state index contributed by atoms with van der Waals surface area (Å²) in [5.41, 5.74) is 4.75. The van der Waals surface area contributed by atoms with Crippen LogP contribution in [0.5, 0.6) is 0 Å². The second-order valence-electron chi connectivity index (χ2n) is 10.5. The van der Waals surface area contributed by atoms with E-state index in [9.17, 15) is 13.2 Å². The van der Waals surface area contributed by atoms with Gasteiger partial charge in [-0.15, -0.1) is 0 Å². The van der Waals surface area contributed by atoms with Crippen molar-refractivity contribution in [1.29, 1.82) is 0 Å². The number of nitrogens with one attached hydrogen (secondary N) is 1. The lowest BCUT2D eigenvalue weighted by molar-refractivity contribution is -0.137. The van der Waals surface area contributed by atoms with E-state index in [2.05, 4.69) is 70.5 Å². The highest BCUT2D eigenvalue weighted by Crippen LogP contribution is 2.33. The first kappa shape index (κ1) is 26.2. The van der Waals surface area contributed by atoms with Gasteiger partial charge < -0.3 is 4.98 Å². The number of H-pyrrole nitrogens is 1. The van der Waals surface area contributed by atoms with Crippen molar-refractivity contribution in [3.8, 4) is 11.4 Å². The minimum atomic E-state index is -4.34. The van der Waals surface area contributed by atoms with E-state index in [-0.39, 0.29) is 0 Å². The Morgan fingerprint density at radius 1 is 0.842 bits per heavy atom. The summed E-state index contributed by atoms with van der Waals surface area (Å²) in [6.45, 7) is 4.77. The molecule has 4 aromatic rings. The molecule has 198 valence electrons. The van der Waals surface area contributed by atoms with Crippen LogP contribution in [0.4, 0.5) is 13.2 Å². The lowest BCUT2D eigenvalue weighted by atomic mass is 9.77. The van der Waals surface area contributed by atoms with Crippen molar-refractivity contribution in [1.82, 2.24) is 14.9 Å². The standard InChI is InChI=1S/C32H34F3N3/c1-23-30(37-31(36-23)27-12-14-29(15-13-27)32(33,34)35)22-38-18-16-26(17-19-38)28(20-24-8-4-2-5-9-24)21-25-10-6-3-7-11-25/h2-15,26,28H,16-22H2,1H3,(H,36,37). The topological polar surface area (TPSA) is 31.9 Å². The zero-order valence-corrected chi connectivity index (χ0v) is 21.7. The minimum absolute atomic E-state index is 0.598. The average Bonchev–Trinajstić information content (AvgIpc) is 3.29. The van der Waals surface area contributed by atoms with Crippen molar-refractivity contribution in [2.75, 3.05) is 13.1 Å². The molecule has 3 nitrogen and oxygen atoms in total. The Morgan fingerprint density at radius 2 is 1.39 bits per heavy atom. The summed E-state index contributed by atoms with van der Waals surface area (Å²) in [7, 11) is 0. The molecule has 38 heavy (non-hydrogen) atoms. The fraction of sp³-hybridized carbons (Fsp3) is 0.344. The van der Waals surface area contributed by atoms with Crippen LogP contribution in [0.25, 0.3) is 11.4 Å². The van der Waals surface area contributed by atoms with Gasteiger partial charge in [-0.3, -0.25) is 4.90 Å². The number of aromatic amines is 1. The molecule has 0 bridgehead atoms. The first-order chi connectivity index (χ1) is 18.3. The van der Waals surface area contributed by atoms with Gasteiger partial charge in [-0.2, -0.15) is 13.2 Å². The fourth-order valence-electron chi connectivity index (χ4n) is 5.64. The first-order valence-electron chi connectivity index (χ1n) is 13.4. The van der Waals surface area contributed by atoms with Gasteiger partial charge in [0.2, 0.25) is 0 Å². The third-order valence-electron chi connectivity index (χ3n) is 7.82. The summed E-state index contributed by atoms with van der Waals surface area (Å²) < 4.78 is 38.8. The lowest BCUT2D eigenvalue weighted by Gasteiger charge is -2.36. The quantitative estimate of drug-likeness (QED) is 0.260. The van der Waals surface area contributed by atoms with Crippen molar-refractivity contribution >= 4 is 0 Å². The normalized spacial score (nSPS) is 15.3. The number of hydrogen-bond donors (Lipinski definition) is 1. The van der Waals surface area contributed by atoms with Gasteiger partial charge in [0.05, 0.1) is 11.3 Å². The Morgan fingerprint density at radius 3 is 1.92 bits per heavy atom. The van der Waals surface area contributed by atoms with E-state index in [0.29, 0.717) is 23.2 Å². The molecule has 1 aromatic heterocycles. The van der Waals surface area contributed by atoms with Crippen LogP contribution in [-0.2, 0) is 25.6 Å². The molecule has 2 heterocycles. The van der Waals surface area contributed by atoms with E-state index in [0.717, 1.165) is 68.8 Å². The number of aromatic nitrogens is 2. The van der Waals surface area contributed by atoms with Crippen LogP contribution in [0.2, 0.25) is 0 Å². The molecule has 1 aliphatic rings. The van der Waals surface area contributed by atoms with E-state index in [4.69, 9.17) is 4.98 Å². The zero-order valence-electron chi connectivity index (χ0n) is 21.7. The van der Waals surface area contributed by atoms with Crippen molar-refractivity contribution in [3.05, 3.63) is 113 Å². The molecular formula is C32H34F3N3. The van der Waals surface area contributed by atoms with Crippen molar-refractivity contribution in [2.24, 2.45) is 11.8 Å². The van der Waals surface area contributed by atoms with Gasteiger partial charge in [-0.05, 0) is 80.8 Å². The summed E-state index contributed by atoms with van der Waals surface area (Å²) in [6, 6.07) is 26.8. The van der Waals surface area contributed by atoms with Gasteiger partial charge in [-0.1, -0.05) is 72.8 Å². The summed E-state index contributed by atoms with van der Waals surface area (Å²) in [4.78, 5) is 10.5. The third-order valence-corrected chi connectivity index (χ3v) is 7.82. The number of aryl methyl sites for hydroxylation is 1. The van der Waals surface area contributed by atoms with Gasteiger partial charge in [0.25, 0.3) is 0 Å². The monoisotopic (exact) mass is 517 g/mol. The minimum Gasteiger partial charge on any atom is -0.342 e. The highest BCUT2D eigenvalue weighted by molar-refractivity contribution is 5.56. The van der Waals surface area contributed by atoms with Crippen molar-refractivity contribution in [3.63, 3.8) is 0 Å².